The van der Waals surface area contributed by atoms with Crippen molar-refractivity contribution >= 4 is 11.7 Å². The maximum atomic E-state index is 11.7. The van der Waals surface area contributed by atoms with Crippen molar-refractivity contribution in [2.45, 2.75) is 46.2 Å². The van der Waals surface area contributed by atoms with Gasteiger partial charge in [-0.2, -0.15) is 0 Å². The number of rotatable bonds is 5. The molecule has 3 rings (SSSR count). The molecule has 0 aromatic carbocycles. The number of hydrogen-bond donors (Lipinski definition) is 1. The summed E-state index contributed by atoms with van der Waals surface area (Å²) in [6.45, 7) is 11.6. The zero-order chi connectivity index (χ0) is 17.8. The highest BCUT2D eigenvalue weighted by Crippen LogP contribution is 2.24. The Bertz CT molecular complexity index is 616. The molecule has 1 aromatic heterocycles. The van der Waals surface area contributed by atoms with E-state index in [0.717, 1.165) is 69.6 Å². The second-order valence-electron chi connectivity index (χ2n) is 6.83. The highest BCUT2D eigenvalue weighted by molar-refractivity contribution is 5.73. The number of nitrogens with zero attached hydrogens (tertiary/aromatic N) is 4. The first-order valence-electron chi connectivity index (χ1n) is 9.26. The minimum atomic E-state index is 0.106. The standard InChI is InChI=1S/C18H29N5O2/c1-4-15(22-7-9-25-10-8-22)11-19-18-16-5-6-23(14(3)24)12-17(16)20-13(2)21-18/h15H,4-12H2,1-3H3,(H,19,20,21)/t15-/m1/s1. The Morgan fingerprint density at radius 1 is 1.28 bits per heavy atom. The van der Waals surface area contributed by atoms with Crippen LogP contribution in [-0.2, 0) is 22.5 Å². The van der Waals surface area contributed by atoms with Crippen molar-refractivity contribution in [2.24, 2.45) is 0 Å². The molecule has 0 radical (unpaired) electrons. The number of amides is 1. The second-order valence-corrected chi connectivity index (χ2v) is 6.83. The van der Waals surface area contributed by atoms with Crippen LogP contribution < -0.4 is 5.32 Å². The Morgan fingerprint density at radius 2 is 2.04 bits per heavy atom. The van der Waals surface area contributed by atoms with E-state index in [1.165, 1.54) is 5.56 Å². The van der Waals surface area contributed by atoms with E-state index in [0.29, 0.717) is 12.6 Å². The number of carbonyl (C=O) groups excluding carboxylic acids is 1. The molecular formula is C18H29N5O2. The minimum Gasteiger partial charge on any atom is -0.379 e. The van der Waals surface area contributed by atoms with Crippen LogP contribution in [-0.4, -0.2) is 71.1 Å². The van der Waals surface area contributed by atoms with Crippen LogP contribution in [0.3, 0.4) is 0 Å². The molecule has 1 aromatic rings. The summed E-state index contributed by atoms with van der Waals surface area (Å²) in [5.74, 6) is 1.80. The lowest BCUT2D eigenvalue weighted by molar-refractivity contribution is -0.129. The average molecular weight is 347 g/mol. The molecule has 1 atom stereocenters. The fourth-order valence-corrected chi connectivity index (χ4v) is 3.66. The zero-order valence-electron chi connectivity index (χ0n) is 15.5. The predicted octanol–water partition coefficient (Wildman–Crippen LogP) is 1.21. The summed E-state index contributed by atoms with van der Waals surface area (Å²) in [5, 5.41) is 3.57. The van der Waals surface area contributed by atoms with E-state index in [1.54, 1.807) is 6.92 Å². The third-order valence-corrected chi connectivity index (χ3v) is 5.16. The Hall–Kier alpha value is -1.73. The van der Waals surface area contributed by atoms with E-state index >= 15 is 0 Å². The molecule has 3 heterocycles. The van der Waals surface area contributed by atoms with Crippen LogP contribution in [0.2, 0.25) is 0 Å². The largest absolute Gasteiger partial charge is 0.379 e. The van der Waals surface area contributed by atoms with Gasteiger partial charge in [-0.25, -0.2) is 9.97 Å². The van der Waals surface area contributed by atoms with Crippen molar-refractivity contribution in [2.75, 3.05) is 44.7 Å². The van der Waals surface area contributed by atoms with Crippen LogP contribution in [0.25, 0.3) is 0 Å². The molecule has 0 bridgehead atoms. The molecular weight excluding hydrogens is 318 g/mol. The summed E-state index contributed by atoms with van der Waals surface area (Å²) in [5.41, 5.74) is 2.15. The molecule has 0 spiro atoms. The Kier molecular flexibility index (Phi) is 5.86. The van der Waals surface area contributed by atoms with Crippen molar-refractivity contribution in [3.8, 4) is 0 Å². The summed E-state index contributed by atoms with van der Waals surface area (Å²) < 4.78 is 5.46. The SMILES string of the molecule is CC[C@H](CNc1nc(C)nc2c1CCN(C(C)=O)C2)N1CCOCC1. The topological polar surface area (TPSA) is 70.6 Å². The predicted molar refractivity (Wildman–Crippen MR) is 96.5 cm³/mol. The molecule has 1 amide bonds. The molecule has 1 N–H and O–H groups in total. The average Bonchev–Trinajstić information content (AvgIpc) is 2.62. The van der Waals surface area contributed by atoms with Gasteiger partial charge in [0.15, 0.2) is 0 Å². The van der Waals surface area contributed by atoms with Gasteiger partial charge in [0.05, 0.1) is 25.5 Å². The Labute approximate surface area is 149 Å². The summed E-state index contributed by atoms with van der Waals surface area (Å²) in [6.07, 6.45) is 1.91. The number of ether oxygens (including phenoxy) is 1. The third kappa shape index (κ3) is 4.27. The first-order valence-corrected chi connectivity index (χ1v) is 9.26. The Morgan fingerprint density at radius 3 is 2.72 bits per heavy atom. The Balaban J connectivity index is 1.71. The summed E-state index contributed by atoms with van der Waals surface area (Å²) >= 11 is 0. The molecule has 25 heavy (non-hydrogen) atoms. The number of anilines is 1. The van der Waals surface area contributed by atoms with Gasteiger partial charge in [0.25, 0.3) is 0 Å². The van der Waals surface area contributed by atoms with E-state index in [-0.39, 0.29) is 5.91 Å². The van der Waals surface area contributed by atoms with E-state index in [9.17, 15) is 4.79 Å². The molecule has 1 fully saturated rings. The molecule has 0 saturated carbocycles. The van der Waals surface area contributed by atoms with Crippen LogP contribution in [0.15, 0.2) is 0 Å². The van der Waals surface area contributed by atoms with Crippen LogP contribution in [0.1, 0.15) is 37.4 Å². The molecule has 2 aliphatic rings. The van der Waals surface area contributed by atoms with Gasteiger partial charge in [-0.05, 0) is 19.8 Å². The van der Waals surface area contributed by atoms with Crippen LogP contribution >= 0.6 is 0 Å². The van der Waals surface area contributed by atoms with Gasteiger partial charge in [0.1, 0.15) is 11.6 Å². The van der Waals surface area contributed by atoms with Crippen LogP contribution in [0.5, 0.6) is 0 Å². The molecule has 0 unspecified atom stereocenters. The molecule has 7 nitrogen and oxygen atoms in total. The summed E-state index contributed by atoms with van der Waals surface area (Å²) in [4.78, 5) is 25.2. The lowest BCUT2D eigenvalue weighted by atomic mass is 10.0. The number of fused-ring (bicyclic) bond motifs is 1. The van der Waals surface area contributed by atoms with Crippen LogP contribution in [0.4, 0.5) is 5.82 Å². The van der Waals surface area contributed by atoms with Gasteiger partial charge in [0.2, 0.25) is 5.91 Å². The second kappa shape index (κ2) is 8.10. The summed E-state index contributed by atoms with van der Waals surface area (Å²) in [6, 6.07) is 0.479. The lowest BCUT2D eigenvalue weighted by Gasteiger charge is -2.34. The van der Waals surface area contributed by atoms with E-state index in [4.69, 9.17) is 4.74 Å². The molecule has 0 aliphatic carbocycles. The van der Waals surface area contributed by atoms with E-state index in [2.05, 4.69) is 27.1 Å². The monoisotopic (exact) mass is 347 g/mol. The first kappa shape index (κ1) is 18.1. The highest BCUT2D eigenvalue weighted by Gasteiger charge is 2.24. The number of aromatic nitrogens is 2. The van der Waals surface area contributed by atoms with Crippen molar-refractivity contribution in [1.29, 1.82) is 0 Å². The fourth-order valence-electron chi connectivity index (χ4n) is 3.66. The van der Waals surface area contributed by atoms with E-state index < -0.39 is 0 Å². The van der Waals surface area contributed by atoms with Crippen molar-refractivity contribution in [3.05, 3.63) is 17.1 Å². The molecule has 138 valence electrons. The number of hydrogen-bond acceptors (Lipinski definition) is 6. The highest BCUT2D eigenvalue weighted by atomic mass is 16.5. The normalized spacial score (nSPS) is 19.4. The van der Waals surface area contributed by atoms with Crippen molar-refractivity contribution < 1.29 is 9.53 Å². The van der Waals surface area contributed by atoms with Gasteiger partial charge in [-0.3, -0.25) is 9.69 Å². The van der Waals surface area contributed by atoms with Crippen molar-refractivity contribution in [1.82, 2.24) is 19.8 Å². The van der Waals surface area contributed by atoms with Gasteiger partial charge >= 0.3 is 0 Å². The van der Waals surface area contributed by atoms with Gasteiger partial charge in [0, 0.05) is 44.7 Å². The van der Waals surface area contributed by atoms with E-state index in [1.807, 2.05) is 11.8 Å². The third-order valence-electron chi connectivity index (χ3n) is 5.16. The van der Waals surface area contributed by atoms with Gasteiger partial charge < -0.3 is 15.0 Å². The minimum absolute atomic E-state index is 0.106. The quantitative estimate of drug-likeness (QED) is 0.863. The molecule has 7 heteroatoms. The summed E-state index contributed by atoms with van der Waals surface area (Å²) in [7, 11) is 0. The van der Waals surface area contributed by atoms with Crippen molar-refractivity contribution in [3.63, 3.8) is 0 Å². The number of morpholine rings is 1. The van der Waals surface area contributed by atoms with Gasteiger partial charge in [-0.15, -0.1) is 0 Å². The van der Waals surface area contributed by atoms with Crippen LogP contribution in [0, 0.1) is 6.92 Å². The smallest absolute Gasteiger partial charge is 0.219 e. The zero-order valence-corrected chi connectivity index (χ0v) is 15.5. The fraction of sp³-hybridized carbons (Fsp3) is 0.722. The van der Waals surface area contributed by atoms with Gasteiger partial charge in [-0.1, -0.05) is 6.92 Å². The first-order chi connectivity index (χ1) is 12.1. The maximum Gasteiger partial charge on any atom is 0.219 e. The molecule has 1 saturated heterocycles. The maximum absolute atomic E-state index is 11.7. The number of nitrogens with one attached hydrogen (secondary N) is 1. The molecule has 2 aliphatic heterocycles. The number of aryl methyl sites for hydroxylation is 1. The lowest BCUT2D eigenvalue weighted by Crippen LogP contribution is -2.46. The number of carbonyl (C=O) groups is 1.